The maximum absolute atomic E-state index is 14.0. The molecule has 0 aliphatic heterocycles. The zero-order chi connectivity index (χ0) is 14.0. The van der Waals surface area contributed by atoms with Gasteiger partial charge >= 0.3 is 0 Å². The number of hydrogen-bond acceptors (Lipinski definition) is 2. The van der Waals surface area contributed by atoms with E-state index in [1.165, 1.54) is 7.11 Å². The molecule has 2 nitrogen and oxygen atoms in total. The van der Waals surface area contributed by atoms with Crippen molar-refractivity contribution in [3.8, 4) is 16.9 Å². The standard InChI is InChI=1S/C14H9BrClFO2/c1-19-12-6-10(8-3-2-4-9(15)5-8)13(16)14(17)11(12)7-18/h2-7H,1H3. The van der Waals surface area contributed by atoms with Crippen LogP contribution < -0.4 is 4.74 Å². The van der Waals surface area contributed by atoms with E-state index in [9.17, 15) is 9.18 Å². The lowest BCUT2D eigenvalue weighted by atomic mass is 10.0. The highest BCUT2D eigenvalue weighted by atomic mass is 79.9. The van der Waals surface area contributed by atoms with E-state index in [1.807, 2.05) is 12.1 Å². The van der Waals surface area contributed by atoms with E-state index < -0.39 is 5.82 Å². The first-order valence-corrected chi connectivity index (χ1v) is 6.52. The highest BCUT2D eigenvalue weighted by molar-refractivity contribution is 9.10. The Morgan fingerprint density at radius 1 is 1.37 bits per heavy atom. The molecule has 0 unspecified atom stereocenters. The second-order valence-corrected chi connectivity index (χ2v) is 5.09. The van der Waals surface area contributed by atoms with Gasteiger partial charge in [0.15, 0.2) is 12.1 Å². The van der Waals surface area contributed by atoms with Crippen molar-refractivity contribution in [2.45, 2.75) is 0 Å². The van der Waals surface area contributed by atoms with Crippen molar-refractivity contribution >= 4 is 33.8 Å². The molecule has 19 heavy (non-hydrogen) atoms. The second-order valence-electron chi connectivity index (χ2n) is 3.80. The zero-order valence-corrected chi connectivity index (χ0v) is 12.3. The minimum absolute atomic E-state index is 0.0963. The topological polar surface area (TPSA) is 26.3 Å². The largest absolute Gasteiger partial charge is 0.496 e. The van der Waals surface area contributed by atoms with Crippen molar-refractivity contribution in [2.75, 3.05) is 7.11 Å². The molecule has 0 fully saturated rings. The Kier molecular flexibility index (Phi) is 4.22. The van der Waals surface area contributed by atoms with Crippen LogP contribution in [0.25, 0.3) is 11.1 Å². The maximum atomic E-state index is 14.0. The van der Waals surface area contributed by atoms with Crippen LogP contribution in [0.15, 0.2) is 34.8 Å². The fourth-order valence-electron chi connectivity index (χ4n) is 1.76. The summed E-state index contributed by atoms with van der Waals surface area (Å²) in [5.41, 5.74) is 1.03. The summed E-state index contributed by atoms with van der Waals surface area (Å²) in [5.74, 6) is -0.613. The van der Waals surface area contributed by atoms with Gasteiger partial charge in [0, 0.05) is 10.0 Å². The van der Waals surface area contributed by atoms with Crippen LogP contribution in [0.1, 0.15) is 10.4 Å². The number of halogens is 3. The number of methoxy groups -OCH3 is 1. The molecule has 0 aromatic heterocycles. The Morgan fingerprint density at radius 2 is 2.11 bits per heavy atom. The van der Waals surface area contributed by atoms with Crippen LogP contribution in [-0.2, 0) is 0 Å². The minimum atomic E-state index is -0.772. The summed E-state index contributed by atoms with van der Waals surface area (Å²) in [5, 5.41) is -0.0963. The minimum Gasteiger partial charge on any atom is -0.496 e. The predicted molar refractivity (Wildman–Crippen MR) is 76.5 cm³/mol. The Bertz CT molecular complexity index is 644. The third-order valence-corrected chi connectivity index (χ3v) is 3.54. The van der Waals surface area contributed by atoms with Crippen molar-refractivity contribution in [3.05, 3.63) is 51.2 Å². The lowest BCUT2D eigenvalue weighted by Gasteiger charge is -2.11. The highest BCUT2D eigenvalue weighted by Gasteiger charge is 2.18. The average molecular weight is 344 g/mol. The Balaban J connectivity index is 2.71. The molecule has 0 bridgehead atoms. The highest BCUT2D eigenvalue weighted by Crippen LogP contribution is 2.37. The van der Waals surface area contributed by atoms with Gasteiger partial charge in [0.05, 0.1) is 17.7 Å². The molecule has 2 aromatic carbocycles. The van der Waals surface area contributed by atoms with Crippen LogP contribution in [0.4, 0.5) is 4.39 Å². The molecular weight excluding hydrogens is 335 g/mol. The van der Waals surface area contributed by atoms with Gasteiger partial charge in [-0.25, -0.2) is 4.39 Å². The number of carbonyl (C=O) groups excluding carboxylic acids is 1. The summed E-state index contributed by atoms with van der Waals surface area (Å²) in [6.07, 6.45) is 0.394. The monoisotopic (exact) mass is 342 g/mol. The number of aldehydes is 1. The number of ether oxygens (including phenoxy) is 1. The van der Waals surface area contributed by atoms with Crippen molar-refractivity contribution in [1.29, 1.82) is 0 Å². The molecule has 0 atom stereocenters. The molecule has 0 aliphatic carbocycles. The lowest BCUT2D eigenvalue weighted by Crippen LogP contribution is -1.97. The van der Waals surface area contributed by atoms with Crippen molar-refractivity contribution in [2.24, 2.45) is 0 Å². The van der Waals surface area contributed by atoms with Crippen LogP contribution in [0, 0.1) is 5.82 Å². The zero-order valence-electron chi connectivity index (χ0n) is 9.91. The van der Waals surface area contributed by atoms with E-state index in [0.29, 0.717) is 11.8 Å². The van der Waals surface area contributed by atoms with E-state index in [1.54, 1.807) is 18.2 Å². The molecule has 5 heteroatoms. The van der Waals surface area contributed by atoms with Crippen LogP contribution in [-0.4, -0.2) is 13.4 Å². The normalized spacial score (nSPS) is 10.3. The fourth-order valence-corrected chi connectivity index (χ4v) is 2.43. The molecule has 0 heterocycles. The average Bonchev–Trinajstić information content (AvgIpc) is 2.41. The molecule has 98 valence electrons. The van der Waals surface area contributed by atoms with Crippen molar-refractivity contribution in [1.82, 2.24) is 0 Å². The first-order chi connectivity index (χ1) is 9.08. The van der Waals surface area contributed by atoms with Gasteiger partial charge in [-0.05, 0) is 23.8 Å². The summed E-state index contributed by atoms with van der Waals surface area (Å²) in [6.45, 7) is 0. The third kappa shape index (κ3) is 2.65. The van der Waals surface area contributed by atoms with Crippen LogP contribution in [0.5, 0.6) is 5.75 Å². The molecule has 0 radical (unpaired) electrons. The summed E-state index contributed by atoms with van der Waals surface area (Å²) >= 11 is 9.33. The second kappa shape index (κ2) is 5.72. The maximum Gasteiger partial charge on any atom is 0.156 e. The summed E-state index contributed by atoms with van der Waals surface area (Å²) in [4.78, 5) is 10.9. The number of rotatable bonds is 3. The van der Waals surface area contributed by atoms with Gasteiger partial charge in [0.25, 0.3) is 0 Å². The van der Waals surface area contributed by atoms with Gasteiger partial charge in [0.2, 0.25) is 0 Å². The molecule has 0 amide bonds. The molecular formula is C14H9BrClFO2. The van der Waals surface area contributed by atoms with Crippen molar-refractivity contribution in [3.63, 3.8) is 0 Å². The van der Waals surface area contributed by atoms with Gasteiger partial charge < -0.3 is 4.74 Å². The third-order valence-electron chi connectivity index (χ3n) is 2.68. The predicted octanol–water partition coefficient (Wildman–Crippen LogP) is 4.73. The molecule has 0 N–H and O–H groups in total. The Morgan fingerprint density at radius 3 is 2.68 bits per heavy atom. The van der Waals surface area contributed by atoms with E-state index in [4.69, 9.17) is 16.3 Å². The molecule has 0 spiro atoms. The van der Waals surface area contributed by atoms with Crippen LogP contribution >= 0.6 is 27.5 Å². The van der Waals surface area contributed by atoms with E-state index in [-0.39, 0.29) is 16.3 Å². The Hall–Kier alpha value is -1.39. The first kappa shape index (κ1) is 14.0. The molecule has 0 saturated carbocycles. The van der Waals surface area contributed by atoms with Crippen LogP contribution in [0.3, 0.4) is 0 Å². The van der Waals surface area contributed by atoms with Gasteiger partial charge in [0.1, 0.15) is 5.75 Å². The van der Waals surface area contributed by atoms with Crippen LogP contribution in [0.2, 0.25) is 5.02 Å². The molecule has 0 aliphatic rings. The number of hydrogen-bond donors (Lipinski definition) is 0. The first-order valence-electron chi connectivity index (χ1n) is 5.35. The molecule has 2 rings (SSSR count). The fraction of sp³-hybridized carbons (Fsp3) is 0.0714. The summed E-state index contributed by atoms with van der Waals surface area (Å²) < 4.78 is 19.9. The lowest BCUT2D eigenvalue weighted by molar-refractivity contribution is 0.111. The van der Waals surface area contributed by atoms with Gasteiger partial charge in [-0.3, -0.25) is 4.79 Å². The smallest absolute Gasteiger partial charge is 0.156 e. The number of benzene rings is 2. The summed E-state index contributed by atoms with van der Waals surface area (Å²) in [6, 6.07) is 8.82. The SMILES string of the molecule is COc1cc(-c2cccc(Br)c2)c(Cl)c(F)c1C=O. The molecule has 2 aromatic rings. The van der Waals surface area contributed by atoms with Gasteiger partial charge in [-0.2, -0.15) is 0 Å². The summed E-state index contributed by atoms with van der Waals surface area (Å²) in [7, 11) is 1.38. The van der Waals surface area contributed by atoms with Crippen molar-refractivity contribution < 1.29 is 13.9 Å². The van der Waals surface area contributed by atoms with E-state index >= 15 is 0 Å². The van der Waals surface area contributed by atoms with E-state index in [2.05, 4.69) is 15.9 Å². The molecule has 0 saturated heterocycles. The Labute approximate surface area is 123 Å². The van der Waals surface area contributed by atoms with Gasteiger partial charge in [-0.1, -0.05) is 39.7 Å². The van der Waals surface area contributed by atoms with E-state index in [0.717, 1.165) is 10.0 Å². The van der Waals surface area contributed by atoms with Gasteiger partial charge in [-0.15, -0.1) is 0 Å². The number of carbonyl (C=O) groups is 1. The quantitative estimate of drug-likeness (QED) is 0.753.